The minimum absolute atomic E-state index is 0.0327. The van der Waals surface area contributed by atoms with E-state index in [-0.39, 0.29) is 32.2 Å². The van der Waals surface area contributed by atoms with E-state index in [1.54, 1.807) is 105 Å². The Morgan fingerprint density at radius 2 is 0.920 bits per heavy atom. The predicted molar refractivity (Wildman–Crippen MR) is 314 cm³/mol. The van der Waals surface area contributed by atoms with Crippen LogP contribution in [0.1, 0.15) is 91.3 Å². The Hall–Kier alpha value is -9.27. The highest BCUT2D eigenvalue weighted by Crippen LogP contribution is 2.22. The van der Waals surface area contributed by atoms with Crippen LogP contribution in [0.15, 0.2) is 91.0 Å². The lowest BCUT2D eigenvalue weighted by Crippen LogP contribution is -2.62. The molecule has 87 heavy (non-hydrogen) atoms. The van der Waals surface area contributed by atoms with Gasteiger partial charge in [-0.15, -0.1) is 0 Å². The Labute approximate surface area is 504 Å². The number of aliphatic hydroxyl groups excluding tert-OH is 1. The Morgan fingerprint density at radius 1 is 0.483 bits per heavy atom. The van der Waals surface area contributed by atoms with Crippen molar-refractivity contribution >= 4 is 76.9 Å². The lowest BCUT2D eigenvalue weighted by Gasteiger charge is -2.32. The summed E-state index contributed by atoms with van der Waals surface area (Å²) in [5.41, 5.74) is 2.00. The van der Waals surface area contributed by atoms with Crippen LogP contribution in [0.4, 0.5) is 0 Å². The zero-order valence-electron chi connectivity index (χ0n) is 49.9. The summed E-state index contributed by atoms with van der Waals surface area (Å²) in [5, 5.41) is 54.9. The number of benzene rings is 3. The lowest BCUT2D eigenvalue weighted by atomic mass is 10.00. The van der Waals surface area contributed by atoms with Gasteiger partial charge in [-0.25, -0.2) is 4.79 Å². The highest BCUT2D eigenvalue weighted by molar-refractivity contribution is 5.99. The SMILES string of the molecule is CC(=O)N[C@@H](Cc1ccccc1)C(=O)N[C@H](C(=O)N1CCC[C@H]1C(=O)N[C@H](C(=O)N[C@@H](CC(=O)O)C(=O)N[C@H](C(=O)NCC(=O)N[C@@H](C)C(=O)N[C@@H](Cc1ccccc1)C(=O)N[C@@H](C)C(=O)N[C@@H](Cc1ccccc1)C(=O)O)C(C)C)[C@@H](C)O)C(C)C. The number of likely N-dealkylation sites (tertiary alicyclic amines) is 1. The second-order valence-corrected chi connectivity index (χ2v) is 22.1. The van der Waals surface area contributed by atoms with Gasteiger partial charge in [-0.1, -0.05) is 119 Å². The first-order chi connectivity index (χ1) is 41.1. The molecule has 11 amide bonds. The molecule has 0 saturated carbocycles. The van der Waals surface area contributed by atoms with Gasteiger partial charge < -0.3 is 73.4 Å². The molecule has 1 aliphatic rings. The number of aliphatic hydroxyl groups is 1. The minimum Gasteiger partial charge on any atom is -0.481 e. The number of carbonyl (C=O) groups is 13. The molecule has 0 radical (unpaired) electrons. The molecule has 27 heteroatoms. The molecule has 27 nitrogen and oxygen atoms in total. The van der Waals surface area contributed by atoms with Crippen molar-refractivity contribution in [3.63, 3.8) is 0 Å². The maximum atomic E-state index is 14.2. The lowest BCUT2D eigenvalue weighted by molar-refractivity contribution is -0.144. The number of carboxylic acids is 2. The molecule has 4 rings (SSSR count). The molecule has 1 saturated heterocycles. The van der Waals surface area contributed by atoms with E-state index in [0.29, 0.717) is 17.5 Å². The van der Waals surface area contributed by atoms with E-state index in [1.165, 1.54) is 39.5 Å². The molecule has 472 valence electrons. The third-order valence-electron chi connectivity index (χ3n) is 14.1. The number of hydrogen-bond donors (Lipinski definition) is 13. The fourth-order valence-corrected chi connectivity index (χ4v) is 9.36. The molecule has 0 bridgehead atoms. The van der Waals surface area contributed by atoms with E-state index in [1.807, 2.05) is 0 Å². The molecule has 0 aliphatic carbocycles. The van der Waals surface area contributed by atoms with Crippen LogP contribution in [0.3, 0.4) is 0 Å². The Kier molecular flexibility index (Phi) is 27.5. The van der Waals surface area contributed by atoms with E-state index >= 15 is 0 Å². The molecule has 13 N–H and O–H groups in total. The smallest absolute Gasteiger partial charge is 0.326 e. The molecule has 3 aromatic rings. The van der Waals surface area contributed by atoms with Crippen molar-refractivity contribution in [2.45, 2.75) is 160 Å². The van der Waals surface area contributed by atoms with Crippen LogP contribution in [0.25, 0.3) is 0 Å². The van der Waals surface area contributed by atoms with Gasteiger partial charge in [0.2, 0.25) is 65.0 Å². The summed E-state index contributed by atoms with van der Waals surface area (Å²) in [4.78, 5) is 174. The molecule has 1 heterocycles. The van der Waals surface area contributed by atoms with Crippen molar-refractivity contribution in [1.29, 1.82) is 0 Å². The third kappa shape index (κ3) is 22.6. The molecular formula is C60H81N11O16. The van der Waals surface area contributed by atoms with Crippen LogP contribution >= 0.6 is 0 Å². The van der Waals surface area contributed by atoms with Crippen LogP contribution in [0, 0.1) is 11.8 Å². The number of nitrogens with zero attached hydrogens (tertiary/aromatic N) is 1. The molecule has 0 aromatic heterocycles. The number of rotatable bonds is 32. The standard InChI is InChI=1S/C60H81N11O16/c1-32(2)48(57(83)61-31-46(74)62-34(5)51(77)65-42(28-39-21-14-10-15-22-39)53(79)63-35(6)52(78)67-44(60(86)87)29-40-23-16-11-17-24-40)68-55(81)43(30-47(75)76)66-58(84)50(36(7)72)70-56(82)45-25-18-26-71(45)59(85)49(33(3)4)69-54(80)41(64-37(8)73)27-38-19-12-9-13-20-38/h9-17,19-24,32-36,41-45,48-50,72H,18,25-31H2,1-8H3,(H,61,83)(H,62,74)(H,63,79)(H,64,73)(H,65,77)(H,66,84)(H,67,78)(H,68,81)(H,69,80)(H,70,82)(H,75,76)(H,86,87)/t34-,35-,36+,41-,42-,43-,44-,45-,48-,49-,50-/m0/s1. The normalized spacial score (nSPS) is 16.3. The van der Waals surface area contributed by atoms with Gasteiger partial charge in [0.15, 0.2) is 0 Å². The van der Waals surface area contributed by atoms with Gasteiger partial charge in [-0.05, 0) is 62.1 Å². The van der Waals surface area contributed by atoms with E-state index in [0.717, 1.165) is 12.5 Å². The maximum Gasteiger partial charge on any atom is 0.326 e. The van der Waals surface area contributed by atoms with E-state index in [9.17, 15) is 77.6 Å². The first-order valence-electron chi connectivity index (χ1n) is 28.6. The van der Waals surface area contributed by atoms with Crippen LogP contribution in [-0.2, 0) is 81.6 Å². The average molecular weight is 1210 g/mol. The highest BCUT2D eigenvalue weighted by atomic mass is 16.4. The van der Waals surface area contributed by atoms with Crippen molar-refractivity contribution in [2.75, 3.05) is 13.1 Å². The highest BCUT2D eigenvalue weighted by Gasteiger charge is 2.42. The second-order valence-electron chi connectivity index (χ2n) is 22.1. The third-order valence-corrected chi connectivity index (χ3v) is 14.1. The van der Waals surface area contributed by atoms with Gasteiger partial charge in [0.1, 0.15) is 60.4 Å². The maximum absolute atomic E-state index is 14.2. The van der Waals surface area contributed by atoms with Gasteiger partial charge in [0.25, 0.3) is 0 Å². The minimum atomic E-state index is -1.91. The molecule has 0 unspecified atom stereocenters. The summed E-state index contributed by atoms with van der Waals surface area (Å²) in [5.74, 6) is -13.4. The quantitative estimate of drug-likeness (QED) is 0.0338. The first-order valence-corrected chi connectivity index (χ1v) is 28.6. The molecule has 3 aromatic carbocycles. The Morgan fingerprint density at radius 3 is 1.39 bits per heavy atom. The summed E-state index contributed by atoms with van der Waals surface area (Å²) in [7, 11) is 0. The summed E-state index contributed by atoms with van der Waals surface area (Å²) < 4.78 is 0. The predicted octanol–water partition coefficient (Wildman–Crippen LogP) is -1.50. The second kappa shape index (κ2) is 34.0. The Bertz CT molecular complexity index is 2910. The number of amides is 11. The monoisotopic (exact) mass is 1210 g/mol. The van der Waals surface area contributed by atoms with E-state index < -0.39 is 168 Å². The largest absolute Gasteiger partial charge is 0.481 e. The molecule has 11 atom stereocenters. The van der Waals surface area contributed by atoms with Crippen LogP contribution in [0.2, 0.25) is 0 Å². The fourth-order valence-electron chi connectivity index (χ4n) is 9.36. The number of hydrogen-bond acceptors (Lipinski definition) is 14. The van der Waals surface area contributed by atoms with Crippen molar-refractivity contribution in [3.05, 3.63) is 108 Å². The fraction of sp³-hybridized carbons (Fsp3) is 0.483. The number of aliphatic carboxylic acids is 2. The number of carboxylic acid groups (broad SMARTS) is 2. The van der Waals surface area contributed by atoms with Gasteiger partial charge in [-0.2, -0.15) is 0 Å². The Balaban J connectivity index is 1.36. The van der Waals surface area contributed by atoms with Gasteiger partial charge in [0.05, 0.1) is 19.1 Å². The molecule has 1 fully saturated rings. The van der Waals surface area contributed by atoms with Crippen molar-refractivity contribution in [1.82, 2.24) is 58.1 Å². The van der Waals surface area contributed by atoms with Crippen molar-refractivity contribution in [3.8, 4) is 0 Å². The topological polar surface area (TPSA) is 406 Å². The van der Waals surface area contributed by atoms with E-state index in [2.05, 4.69) is 53.2 Å². The van der Waals surface area contributed by atoms with Crippen LogP contribution in [-0.4, -0.2) is 177 Å². The zero-order valence-corrected chi connectivity index (χ0v) is 49.9. The van der Waals surface area contributed by atoms with Crippen molar-refractivity contribution in [2.24, 2.45) is 11.8 Å². The summed E-state index contributed by atoms with van der Waals surface area (Å²) >= 11 is 0. The molecular weight excluding hydrogens is 1130 g/mol. The van der Waals surface area contributed by atoms with Gasteiger partial charge in [0, 0.05) is 32.7 Å². The summed E-state index contributed by atoms with van der Waals surface area (Å²) in [6, 6.07) is 12.2. The van der Waals surface area contributed by atoms with Gasteiger partial charge >= 0.3 is 11.9 Å². The van der Waals surface area contributed by atoms with Crippen molar-refractivity contribution < 1.29 is 77.6 Å². The zero-order chi connectivity index (χ0) is 64.7. The number of carbonyl (C=O) groups excluding carboxylic acids is 11. The number of nitrogens with one attached hydrogen (secondary N) is 10. The van der Waals surface area contributed by atoms with E-state index in [4.69, 9.17) is 0 Å². The van der Waals surface area contributed by atoms with Crippen LogP contribution < -0.4 is 53.2 Å². The average Bonchev–Trinajstić information content (AvgIpc) is 3.23. The van der Waals surface area contributed by atoms with Gasteiger partial charge in [-0.3, -0.25) is 57.5 Å². The van der Waals surface area contributed by atoms with Crippen LogP contribution in [0.5, 0.6) is 0 Å². The molecule has 1 aliphatic heterocycles. The summed E-state index contributed by atoms with van der Waals surface area (Å²) in [6.45, 7) is 10.7. The summed E-state index contributed by atoms with van der Waals surface area (Å²) in [6.07, 6.45) is -2.23. The molecule has 0 spiro atoms. The first kappa shape index (κ1) is 70.2.